The quantitative estimate of drug-likeness (QED) is 0.160. The molecule has 0 radical (unpaired) electrons. The summed E-state index contributed by atoms with van der Waals surface area (Å²) >= 11 is 1.86. The van der Waals surface area contributed by atoms with E-state index >= 15 is 0 Å². The highest BCUT2D eigenvalue weighted by Gasteiger charge is 2.35. The molecule has 3 heteroatoms. The fraction of sp³-hybridized carbons (Fsp3) is 0.0492. The number of benzene rings is 9. The standard InChI is InChI=1S/C61H42N2S/c1-61(2)54-28-11-9-24-50(54)51-31-30-44(37-55(51)61)42-21-14-23-45(33-42)56-38-57(63-60(62-56)40-18-7-4-8-19-40)48-35-46(43-22-13-20-41(32-43)39-16-5-3-6-17-39)34-47(36-48)49-26-15-27-53-52-25-10-12-29-58(52)64-59(49)53/h3-38H,1-2H3. The van der Waals surface area contributed by atoms with Gasteiger partial charge in [-0.1, -0.05) is 184 Å². The maximum Gasteiger partial charge on any atom is 0.160 e. The largest absolute Gasteiger partial charge is 0.228 e. The molecule has 11 aromatic rings. The lowest BCUT2D eigenvalue weighted by molar-refractivity contribution is 0.660. The predicted molar refractivity (Wildman–Crippen MR) is 271 cm³/mol. The van der Waals surface area contributed by atoms with E-state index in [1.807, 2.05) is 17.4 Å². The van der Waals surface area contributed by atoms with E-state index in [0.717, 1.165) is 50.3 Å². The first-order valence-electron chi connectivity index (χ1n) is 22.0. The van der Waals surface area contributed by atoms with Gasteiger partial charge < -0.3 is 0 Å². The molecule has 2 nitrogen and oxygen atoms in total. The molecule has 0 bridgehead atoms. The molecule has 2 heterocycles. The van der Waals surface area contributed by atoms with Crippen molar-refractivity contribution < 1.29 is 0 Å². The number of fused-ring (bicyclic) bond motifs is 6. The zero-order valence-electron chi connectivity index (χ0n) is 35.6. The highest BCUT2D eigenvalue weighted by Crippen LogP contribution is 2.50. The molecule has 1 aliphatic rings. The van der Waals surface area contributed by atoms with Gasteiger partial charge >= 0.3 is 0 Å². The van der Waals surface area contributed by atoms with Gasteiger partial charge in [-0.15, -0.1) is 11.3 Å². The molecular weight excluding hydrogens is 793 g/mol. The Hall–Kier alpha value is -7.72. The summed E-state index contributed by atoms with van der Waals surface area (Å²) in [6.07, 6.45) is 0. The Labute approximate surface area is 377 Å². The van der Waals surface area contributed by atoms with Gasteiger partial charge in [0.05, 0.1) is 11.4 Å². The van der Waals surface area contributed by atoms with Crippen LogP contribution in [0.2, 0.25) is 0 Å². The van der Waals surface area contributed by atoms with Crippen molar-refractivity contribution in [3.63, 3.8) is 0 Å². The van der Waals surface area contributed by atoms with Crippen molar-refractivity contribution in [3.05, 3.63) is 230 Å². The van der Waals surface area contributed by atoms with E-state index in [9.17, 15) is 0 Å². The second-order valence-corrected chi connectivity index (χ2v) is 18.4. The van der Waals surface area contributed by atoms with Crippen LogP contribution in [0.25, 0.3) is 110 Å². The number of aromatic nitrogens is 2. The summed E-state index contributed by atoms with van der Waals surface area (Å²) in [5.41, 5.74) is 19.5. The summed E-state index contributed by atoms with van der Waals surface area (Å²) in [5.74, 6) is 0.695. The van der Waals surface area contributed by atoms with Crippen LogP contribution in [-0.2, 0) is 5.41 Å². The van der Waals surface area contributed by atoms with Crippen LogP contribution >= 0.6 is 11.3 Å². The van der Waals surface area contributed by atoms with E-state index in [4.69, 9.17) is 9.97 Å². The van der Waals surface area contributed by atoms with Crippen LogP contribution in [0.1, 0.15) is 25.0 Å². The number of rotatable bonds is 7. The highest BCUT2D eigenvalue weighted by molar-refractivity contribution is 7.26. The van der Waals surface area contributed by atoms with Crippen LogP contribution in [0, 0.1) is 0 Å². The highest BCUT2D eigenvalue weighted by atomic mass is 32.1. The topological polar surface area (TPSA) is 25.8 Å². The first-order chi connectivity index (χ1) is 31.4. The van der Waals surface area contributed by atoms with Gasteiger partial charge in [0.15, 0.2) is 5.82 Å². The van der Waals surface area contributed by atoms with Gasteiger partial charge in [-0.25, -0.2) is 9.97 Å². The summed E-state index contributed by atoms with van der Waals surface area (Å²) in [4.78, 5) is 10.7. The SMILES string of the molecule is CC1(C)c2ccccc2-c2ccc(-c3cccc(-c4cc(-c5cc(-c6cccc(-c7ccccc7)c6)cc(-c6cccc7c6sc6ccccc67)c5)nc(-c5ccccc5)n4)c3)cc21. The molecule has 0 N–H and O–H groups in total. The van der Waals surface area contributed by atoms with Crippen LogP contribution in [-0.4, -0.2) is 9.97 Å². The Balaban J connectivity index is 1.03. The summed E-state index contributed by atoms with van der Waals surface area (Å²) in [6.45, 7) is 4.68. The molecule has 0 amide bonds. The number of hydrogen-bond donors (Lipinski definition) is 0. The number of nitrogens with zero attached hydrogens (tertiary/aromatic N) is 2. The molecular formula is C61H42N2S. The zero-order chi connectivity index (χ0) is 42.8. The number of hydrogen-bond acceptors (Lipinski definition) is 3. The predicted octanol–water partition coefficient (Wildman–Crippen LogP) is 16.8. The molecule has 64 heavy (non-hydrogen) atoms. The van der Waals surface area contributed by atoms with E-state index in [0.29, 0.717) is 5.82 Å². The molecule has 12 rings (SSSR count). The smallest absolute Gasteiger partial charge is 0.160 e. The van der Waals surface area contributed by atoms with Crippen molar-refractivity contribution >= 4 is 31.5 Å². The van der Waals surface area contributed by atoms with Gasteiger partial charge in [0, 0.05) is 42.3 Å². The normalized spacial score (nSPS) is 12.7. The molecule has 0 atom stereocenters. The fourth-order valence-corrected chi connectivity index (χ4v) is 11.0. The van der Waals surface area contributed by atoms with Gasteiger partial charge in [0.1, 0.15) is 0 Å². The minimum Gasteiger partial charge on any atom is -0.228 e. The van der Waals surface area contributed by atoms with Crippen LogP contribution in [0.15, 0.2) is 218 Å². The fourth-order valence-electron chi connectivity index (χ4n) is 9.78. The maximum absolute atomic E-state index is 5.38. The molecule has 0 aliphatic heterocycles. The maximum atomic E-state index is 5.38. The zero-order valence-corrected chi connectivity index (χ0v) is 36.4. The third-order valence-corrected chi connectivity index (χ3v) is 14.3. The van der Waals surface area contributed by atoms with Crippen molar-refractivity contribution in [3.8, 4) is 89.5 Å². The van der Waals surface area contributed by atoms with E-state index in [1.54, 1.807) is 0 Å². The van der Waals surface area contributed by atoms with Crippen molar-refractivity contribution in [2.75, 3.05) is 0 Å². The van der Waals surface area contributed by atoms with Gasteiger partial charge in [0.2, 0.25) is 0 Å². The Morgan fingerprint density at radius 2 is 0.844 bits per heavy atom. The van der Waals surface area contributed by atoms with Crippen molar-refractivity contribution in [1.82, 2.24) is 9.97 Å². The lowest BCUT2D eigenvalue weighted by Crippen LogP contribution is -2.14. The summed E-state index contributed by atoms with van der Waals surface area (Å²) in [6, 6.07) is 79.2. The minimum atomic E-state index is -0.0789. The molecule has 302 valence electrons. The van der Waals surface area contributed by atoms with Crippen molar-refractivity contribution in [2.24, 2.45) is 0 Å². The van der Waals surface area contributed by atoms with Gasteiger partial charge in [-0.3, -0.25) is 0 Å². The average Bonchev–Trinajstić information content (AvgIpc) is 3.86. The van der Waals surface area contributed by atoms with Crippen LogP contribution in [0.5, 0.6) is 0 Å². The van der Waals surface area contributed by atoms with Gasteiger partial charge in [0.25, 0.3) is 0 Å². The molecule has 0 saturated carbocycles. The third-order valence-electron chi connectivity index (χ3n) is 13.1. The third kappa shape index (κ3) is 6.56. The van der Waals surface area contributed by atoms with Crippen LogP contribution in [0.4, 0.5) is 0 Å². The average molecular weight is 835 g/mol. The van der Waals surface area contributed by atoms with Crippen molar-refractivity contribution in [1.29, 1.82) is 0 Å². The Kier molecular flexibility index (Phi) is 9.06. The first-order valence-corrected chi connectivity index (χ1v) is 22.8. The molecule has 1 aliphatic carbocycles. The lowest BCUT2D eigenvalue weighted by atomic mass is 9.81. The second kappa shape index (κ2) is 15.3. The minimum absolute atomic E-state index is 0.0789. The first kappa shape index (κ1) is 38.0. The molecule has 0 spiro atoms. The molecule has 0 unspecified atom stereocenters. The molecule has 0 saturated heterocycles. The Morgan fingerprint density at radius 1 is 0.328 bits per heavy atom. The summed E-state index contributed by atoms with van der Waals surface area (Å²) in [7, 11) is 0. The lowest BCUT2D eigenvalue weighted by Gasteiger charge is -2.22. The molecule has 2 aromatic heterocycles. The molecule has 0 fully saturated rings. The van der Waals surface area contributed by atoms with Gasteiger partial charge in [-0.05, 0) is 115 Å². The molecule has 9 aromatic carbocycles. The van der Waals surface area contributed by atoms with Crippen LogP contribution < -0.4 is 0 Å². The van der Waals surface area contributed by atoms with Gasteiger partial charge in [-0.2, -0.15) is 0 Å². The van der Waals surface area contributed by atoms with Crippen LogP contribution in [0.3, 0.4) is 0 Å². The summed E-state index contributed by atoms with van der Waals surface area (Å²) in [5, 5.41) is 2.57. The number of thiophene rings is 1. The van der Waals surface area contributed by atoms with E-state index in [2.05, 4.69) is 226 Å². The van der Waals surface area contributed by atoms with Crippen molar-refractivity contribution in [2.45, 2.75) is 19.3 Å². The Bertz CT molecular complexity index is 3580. The second-order valence-electron chi connectivity index (χ2n) is 17.4. The Morgan fingerprint density at radius 3 is 1.66 bits per heavy atom. The van der Waals surface area contributed by atoms with E-state index in [1.165, 1.54) is 64.7 Å². The summed E-state index contributed by atoms with van der Waals surface area (Å²) < 4.78 is 2.58. The van der Waals surface area contributed by atoms with E-state index in [-0.39, 0.29) is 5.41 Å². The van der Waals surface area contributed by atoms with E-state index < -0.39 is 0 Å². The monoisotopic (exact) mass is 834 g/mol.